The zero-order valence-electron chi connectivity index (χ0n) is 6.47. The van der Waals surface area contributed by atoms with Crippen LogP contribution in [0.2, 0.25) is 0 Å². The molecule has 0 amide bonds. The highest BCUT2D eigenvalue weighted by atomic mass is 19.3. The van der Waals surface area contributed by atoms with Crippen molar-refractivity contribution >= 4 is 0 Å². The number of alkyl halides is 2. The summed E-state index contributed by atoms with van der Waals surface area (Å²) in [5.41, 5.74) is 5.41. The van der Waals surface area contributed by atoms with Gasteiger partial charge in [0.15, 0.2) is 0 Å². The molecule has 0 aromatic carbocycles. The Kier molecular flexibility index (Phi) is 3.20. The van der Waals surface area contributed by atoms with E-state index >= 15 is 0 Å². The molecule has 2 N–H and O–H groups in total. The Bertz CT molecular complexity index is 119. The molecular weight excluding hydrogens is 150 g/mol. The Labute approximate surface area is 65.4 Å². The molecule has 1 rings (SSSR count). The molecule has 1 atom stereocenters. The van der Waals surface area contributed by atoms with E-state index in [-0.39, 0.29) is 12.6 Å². The van der Waals surface area contributed by atoms with E-state index in [1.165, 1.54) is 0 Å². The van der Waals surface area contributed by atoms with Gasteiger partial charge in [0.25, 0.3) is 6.43 Å². The van der Waals surface area contributed by atoms with Gasteiger partial charge >= 0.3 is 0 Å². The van der Waals surface area contributed by atoms with Gasteiger partial charge in [-0.2, -0.15) is 0 Å². The van der Waals surface area contributed by atoms with Crippen LogP contribution in [0.1, 0.15) is 12.8 Å². The molecule has 0 saturated carbocycles. The summed E-state index contributed by atoms with van der Waals surface area (Å²) >= 11 is 0. The van der Waals surface area contributed by atoms with Crippen molar-refractivity contribution in [3.63, 3.8) is 0 Å². The fraction of sp³-hybridized carbons (Fsp3) is 1.00. The van der Waals surface area contributed by atoms with Crippen LogP contribution in [0.3, 0.4) is 0 Å². The largest absolute Gasteiger partial charge is 0.329 e. The summed E-state index contributed by atoms with van der Waals surface area (Å²) in [4.78, 5) is 1.78. The van der Waals surface area contributed by atoms with Gasteiger partial charge in [0.1, 0.15) is 0 Å². The van der Waals surface area contributed by atoms with Crippen LogP contribution in [-0.2, 0) is 0 Å². The van der Waals surface area contributed by atoms with E-state index in [4.69, 9.17) is 5.73 Å². The highest BCUT2D eigenvalue weighted by Crippen LogP contribution is 2.16. The standard InChI is InChI=1S/C7H14F2N2/c8-7(9)5-11-3-1-2-6(11)4-10/h6-7H,1-5,10H2. The molecule has 0 bridgehead atoms. The number of rotatable bonds is 3. The molecule has 66 valence electrons. The number of hydrogen-bond acceptors (Lipinski definition) is 2. The Morgan fingerprint density at radius 3 is 2.82 bits per heavy atom. The van der Waals surface area contributed by atoms with Gasteiger partial charge in [-0.1, -0.05) is 0 Å². The van der Waals surface area contributed by atoms with E-state index in [1.807, 2.05) is 0 Å². The third kappa shape index (κ3) is 2.38. The summed E-state index contributed by atoms with van der Waals surface area (Å²) in [6, 6.07) is 0.198. The van der Waals surface area contributed by atoms with E-state index in [9.17, 15) is 8.78 Å². The summed E-state index contributed by atoms with van der Waals surface area (Å²) in [6.07, 6.45) is -0.236. The van der Waals surface area contributed by atoms with Gasteiger partial charge in [0.05, 0.1) is 6.54 Å². The molecule has 0 radical (unpaired) electrons. The molecule has 1 aliphatic rings. The highest BCUT2D eigenvalue weighted by Gasteiger charge is 2.25. The summed E-state index contributed by atoms with van der Waals surface area (Å²) < 4.78 is 23.8. The average molecular weight is 164 g/mol. The summed E-state index contributed by atoms with van der Waals surface area (Å²) in [5.74, 6) is 0. The minimum atomic E-state index is -2.22. The Balaban J connectivity index is 2.31. The zero-order valence-corrected chi connectivity index (χ0v) is 6.47. The van der Waals surface area contributed by atoms with Crippen LogP contribution in [0.4, 0.5) is 8.78 Å². The molecule has 2 nitrogen and oxygen atoms in total. The lowest BCUT2D eigenvalue weighted by atomic mass is 10.2. The van der Waals surface area contributed by atoms with Crippen LogP contribution in [-0.4, -0.2) is 37.0 Å². The quantitative estimate of drug-likeness (QED) is 0.664. The van der Waals surface area contributed by atoms with E-state index in [1.54, 1.807) is 4.90 Å². The lowest BCUT2D eigenvalue weighted by Gasteiger charge is -2.22. The number of halogens is 2. The lowest BCUT2D eigenvalue weighted by Crippen LogP contribution is -2.38. The molecule has 0 aliphatic carbocycles. The van der Waals surface area contributed by atoms with Gasteiger partial charge in [-0.05, 0) is 19.4 Å². The SMILES string of the molecule is NCC1CCCN1CC(F)F. The summed E-state index contributed by atoms with van der Waals surface area (Å²) in [5, 5.41) is 0. The predicted molar refractivity (Wildman–Crippen MR) is 39.7 cm³/mol. The van der Waals surface area contributed by atoms with Crippen molar-refractivity contribution in [2.75, 3.05) is 19.6 Å². The summed E-state index contributed by atoms with van der Waals surface area (Å²) in [7, 11) is 0. The Morgan fingerprint density at radius 2 is 2.27 bits per heavy atom. The van der Waals surface area contributed by atoms with Crippen molar-refractivity contribution in [1.29, 1.82) is 0 Å². The number of likely N-dealkylation sites (tertiary alicyclic amines) is 1. The van der Waals surface area contributed by atoms with Gasteiger partial charge < -0.3 is 5.73 Å². The molecule has 1 saturated heterocycles. The molecule has 0 spiro atoms. The van der Waals surface area contributed by atoms with Crippen molar-refractivity contribution < 1.29 is 8.78 Å². The van der Waals surface area contributed by atoms with Crippen molar-refractivity contribution in [2.45, 2.75) is 25.3 Å². The third-order valence-electron chi connectivity index (χ3n) is 2.14. The summed E-state index contributed by atoms with van der Waals surface area (Å²) in [6.45, 7) is 1.18. The first-order valence-electron chi connectivity index (χ1n) is 3.96. The lowest BCUT2D eigenvalue weighted by molar-refractivity contribution is 0.0837. The van der Waals surface area contributed by atoms with Crippen molar-refractivity contribution in [1.82, 2.24) is 4.90 Å². The minimum Gasteiger partial charge on any atom is -0.329 e. The monoisotopic (exact) mass is 164 g/mol. The van der Waals surface area contributed by atoms with Crippen LogP contribution in [0.15, 0.2) is 0 Å². The molecule has 0 aromatic rings. The fourth-order valence-electron chi connectivity index (χ4n) is 1.58. The number of nitrogens with two attached hydrogens (primary N) is 1. The molecule has 1 fully saturated rings. The normalized spacial score (nSPS) is 26.7. The highest BCUT2D eigenvalue weighted by molar-refractivity contribution is 4.79. The second-order valence-corrected chi connectivity index (χ2v) is 2.92. The van der Waals surface area contributed by atoms with Crippen LogP contribution in [0.5, 0.6) is 0 Å². The van der Waals surface area contributed by atoms with Gasteiger partial charge in [0, 0.05) is 12.6 Å². The van der Waals surface area contributed by atoms with Crippen LogP contribution in [0.25, 0.3) is 0 Å². The molecule has 4 heteroatoms. The van der Waals surface area contributed by atoms with E-state index in [2.05, 4.69) is 0 Å². The van der Waals surface area contributed by atoms with Crippen LogP contribution >= 0.6 is 0 Å². The Morgan fingerprint density at radius 1 is 1.55 bits per heavy atom. The maximum Gasteiger partial charge on any atom is 0.251 e. The molecular formula is C7H14F2N2. The minimum absolute atomic E-state index is 0.109. The Hall–Kier alpha value is -0.220. The number of hydrogen-bond donors (Lipinski definition) is 1. The first-order valence-corrected chi connectivity index (χ1v) is 3.96. The van der Waals surface area contributed by atoms with Crippen molar-refractivity contribution in [2.24, 2.45) is 5.73 Å². The second-order valence-electron chi connectivity index (χ2n) is 2.92. The third-order valence-corrected chi connectivity index (χ3v) is 2.14. The topological polar surface area (TPSA) is 29.3 Å². The molecule has 0 aromatic heterocycles. The zero-order chi connectivity index (χ0) is 8.27. The predicted octanol–water partition coefficient (Wildman–Crippen LogP) is 0.675. The fourth-order valence-corrected chi connectivity index (χ4v) is 1.58. The van der Waals surface area contributed by atoms with Crippen LogP contribution < -0.4 is 5.73 Å². The maximum absolute atomic E-state index is 11.9. The van der Waals surface area contributed by atoms with Gasteiger partial charge in [-0.25, -0.2) is 8.78 Å². The first kappa shape index (κ1) is 8.87. The smallest absolute Gasteiger partial charge is 0.251 e. The molecule has 11 heavy (non-hydrogen) atoms. The maximum atomic E-state index is 11.9. The van der Waals surface area contributed by atoms with Gasteiger partial charge in [-0.3, -0.25) is 4.90 Å². The molecule has 1 aliphatic heterocycles. The molecule has 1 heterocycles. The van der Waals surface area contributed by atoms with E-state index in [0.29, 0.717) is 6.54 Å². The van der Waals surface area contributed by atoms with E-state index < -0.39 is 6.43 Å². The van der Waals surface area contributed by atoms with Crippen LogP contribution in [0, 0.1) is 0 Å². The van der Waals surface area contributed by atoms with Gasteiger partial charge in [0.2, 0.25) is 0 Å². The van der Waals surface area contributed by atoms with Crippen molar-refractivity contribution in [3.05, 3.63) is 0 Å². The average Bonchev–Trinajstić information content (AvgIpc) is 2.34. The molecule has 1 unspecified atom stereocenters. The first-order chi connectivity index (χ1) is 5.24. The number of nitrogens with zero attached hydrogens (tertiary/aromatic N) is 1. The second kappa shape index (κ2) is 3.97. The van der Waals surface area contributed by atoms with Crippen molar-refractivity contribution in [3.8, 4) is 0 Å². The van der Waals surface area contributed by atoms with E-state index in [0.717, 1.165) is 19.4 Å². The van der Waals surface area contributed by atoms with Gasteiger partial charge in [-0.15, -0.1) is 0 Å².